The molecule has 0 aliphatic heterocycles. The van der Waals surface area contributed by atoms with E-state index in [2.05, 4.69) is 15.4 Å². The SMILES string of the molecule is Cc1cc2c(Oc3ccc(S(C)(=O)=O)cn3)cc(C(=O)Nc3ccn(C)n3)cc2o1. The molecule has 4 aromatic rings. The van der Waals surface area contributed by atoms with Crippen molar-refractivity contribution < 1.29 is 22.4 Å². The van der Waals surface area contributed by atoms with Gasteiger partial charge in [-0.05, 0) is 31.2 Å². The maximum atomic E-state index is 12.7. The second-order valence-electron chi connectivity index (χ2n) is 6.78. The molecule has 9 nitrogen and oxygen atoms in total. The maximum Gasteiger partial charge on any atom is 0.257 e. The van der Waals surface area contributed by atoms with Crippen LogP contribution in [0.1, 0.15) is 16.1 Å². The molecule has 0 spiro atoms. The lowest BCUT2D eigenvalue weighted by molar-refractivity contribution is 0.102. The lowest BCUT2D eigenvalue weighted by Gasteiger charge is -2.09. The lowest BCUT2D eigenvalue weighted by Crippen LogP contribution is -2.12. The first-order valence-electron chi connectivity index (χ1n) is 8.88. The van der Waals surface area contributed by atoms with E-state index in [1.165, 1.54) is 18.3 Å². The number of rotatable bonds is 5. The third-order valence-corrected chi connectivity index (χ3v) is 5.39. The number of anilines is 1. The Bertz CT molecular complexity index is 1350. The molecule has 0 saturated heterocycles. The topological polar surface area (TPSA) is 116 Å². The van der Waals surface area contributed by atoms with E-state index in [1.54, 1.807) is 49.1 Å². The van der Waals surface area contributed by atoms with E-state index in [0.717, 1.165) is 6.26 Å². The summed E-state index contributed by atoms with van der Waals surface area (Å²) in [6, 6.07) is 9.52. The molecule has 154 valence electrons. The zero-order chi connectivity index (χ0) is 21.5. The number of hydrogen-bond acceptors (Lipinski definition) is 7. The summed E-state index contributed by atoms with van der Waals surface area (Å²) < 4.78 is 36.3. The molecule has 4 rings (SSSR count). The normalized spacial score (nSPS) is 11.6. The van der Waals surface area contributed by atoms with Crippen LogP contribution in [0.25, 0.3) is 11.0 Å². The smallest absolute Gasteiger partial charge is 0.257 e. The van der Waals surface area contributed by atoms with E-state index in [-0.39, 0.29) is 16.7 Å². The van der Waals surface area contributed by atoms with Crippen molar-refractivity contribution in [1.29, 1.82) is 0 Å². The predicted molar refractivity (Wildman–Crippen MR) is 110 cm³/mol. The second kappa shape index (κ2) is 7.30. The van der Waals surface area contributed by atoms with Gasteiger partial charge in [0.2, 0.25) is 5.88 Å². The Morgan fingerprint density at radius 2 is 2.00 bits per heavy atom. The van der Waals surface area contributed by atoms with Gasteiger partial charge in [0.1, 0.15) is 17.1 Å². The predicted octanol–water partition coefficient (Wildman–Crippen LogP) is 3.32. The number of benzene rings is 1. The summed E-state index contributed by atoms with van der Waals surface area (Å²) in [6.07, 6.45) is 4.04. The first-order valence-corrected chi connectivity index (χ1v) is 10.8. The van der Waals surface area contributed by atoms with Crippen molar-refractivity contribution in [3.8, 4) is 11.6 Å². The van der Waals surface area contributed by atoms with Gasteiger partial charge in [0.05, 0.1) is 10.3 Å². The highest BCUT2D eigenvalue weighted by molar-refractivity contribution is 7.90. The number of fused-ring (bicyclic) bond motifs is 1. The molecule has 30 heavy (non-hydrogen) atoms. The number of pyridine rings is 1. The minimum absolute atomic E-state index is 0.0858. The van der Waals surface area contributed by atoms with Crippen LogP contribution < -0.4 is 10.1 Å². The Morgan fingerprint density at radius 3 is 2.63 bits per heavy atom. The Kier molecular flexibility index (Phi) is 4.78. The molecule has 0 unspecified atom stereocenters. The zero-order valence-corrected chi connectivity index (χ0v) is 17.2. The molecule has 0 aliphatic carbocycles. The summed E-state index contributed by atoms with van der Waals surface area (Å²) in [6.45, 7) is 1.79. The van der Waals surface area contributed by atoms with E-state index in [9.17, 15) is 13.2 Å². The van der Waals surface area contributed by atoms with Crippen molar-refractivity contribution in [3.05, 3.63) is 60.1 Å². The number of nitrogens with zero attached hydrogens (tertiary/aromatic N) is 3. The highest BCUT2D eigenvalue weighted by atomic mass is 32.2. The number of amides is 1. The molecule has 1 amide bonds. The number of aryl methyl sites for hydroxylation is 2. The number of aromatic nitrogens is 3. The van der Waals surface area contributed by atoms with E-state index < -0.39 is 9.84 Å². The van der Waals surface area contributed by atoms with Crippen LogP contribution >= 0.6 is 0 Å². The Balaban J connectivity index is 1.68. The highest BCUT2D eigenvalue weighted by Gasteiger charge is 2.17. The average Bonchev–Trinajstić information content (AvgIpc) is 3.25. The van der Waals surface area contributed by atoms with Crippen LogP contribution in [0.4, 0.5) is 5.82 Å². The standard InChI is InChI=1S/C20H18N4O5S/c1-12-8-15-16(28-12)9-13(20(25)22-18-6-7-24(2)23-18)10-17(15)29-19-5-4-14(11-21-19)30(3,26)27/h4-11H,1-3H3,(H,22,23,25). The Morgan fingerprint density at radius 1 is 1.20 bits per heavy atom. The fourth-order valence-corrected chi connectivity index (χ4v) is 3.44. The molecular weight excluding hydrogens is 408 g/mol. The van der Waals surface area contributed by atoms with E-state index >= 15 is 0 Å². The first kappa shape index (κ1) is 19.6. The van der Waals surface area contributed by atoms with Gasteiger partial charge in [-0.2, -0.15) is 5.10 Å². The van der Waals surface area contributed by atoms with Gasteiger partial charge in [0.15, 0.2) is 15.7 Å². The summed E-state index contributed by atoms with van der Waals surface area (Å²) >= 11 is 0. The summed E-state index contributed by atoms with van der Waals surface area (Å²) in [7, 11) is -1.61. The van der Waals surface area contributed by atoms with Crippen LogP contribution in [0.5, 0.6) is 11.6 Å². The molecule has 0 fully saturated rings. The van der Waals surface area contributed by atoms with Gasteiger partial charge in [-0.15, -0.1) is 0 Å². The van der Waals surface area contributed by atoms with Crippen molar-refractivity contribution in [2.24, 2.45) is 7.05 Å². The van der Waals surface area contributed by atoms with Gasteiger partial charge in [0.25, 0.3) is 5.91 Å². The molecule has 10 heteroatoms. The summed E-state index contributed by atoms with van der Waals surface area (Å²) in [4.78, 5) is 16.8. The minimum atomic E-state index is -3.36. The molecule has 0 bridgehead atoms. The monoisotopic (exact) mass is 426 g/mol. The van der Waals surface area contributed by atoms with Gasteiger partial charge >= 0.3 is 0 Å². The fraction of sp³-hybridized carbons (Fsp3) is 0.150. The Labute approximate surface area is 172 Å². The summed E-state index contributed by atoms with van der Waals surface area (Å²) in [5.41, 5.74) is 0.786. The number of sulfone groups is 1. The number of furan rings is 1. The van der Waals surface area contributed by atoms with Crippen LogP contribution in [-0.2, 0) is 16.9 Å². The fourth-order valence-electron chi connectivity index (χ4n) is 2.88. The largest absolute Gasteiger partial charge is 0.461 e. The van der Waals surface area contributed by atoms with E-state index in [1.807, 2.05) is 0 Å². The second-order valence-corrected chi connectivity index (χ2v) is 8.79. The molecule has 3 aromatic heterocycles. The van der Waals surface area contributed by atoms with Crippen molar-refractivity contribution >= 4 is 32.5 Å². The molecular formula is C20H18N4O5S. The molecule has 1 N–H and O–H groups in total. The molecule has 3 heterocycles. The molecule has 0 saturated carbocycles. The Hall–Kier alpha value is -3.66. The molecule has 0 atom stereocenters. The zero-order valence-electron chi connectivity index (χ0n) is 16.4. The molecule has 0 radical (unpaired) electrons. The highest BCUT2D eigenvalue weighted by Crippen LogP contribution is 2.33. The number of ether oxygens (including phenoxy) is 1. The van der Waals surface area contributed by atoms with Crippen molar-refractivity contribution in [2.45, 2.75) is 11.8 Å². The van der Waals surface area contributed by atoms with Crippen LogP contribution in [0.15, 0.2) is 58.1 Å². The molecule has 0 aliphatic rings. The third kappa shape index (κ3) is 4.03. The van der Waals surface area contributed by atoms with Crippen molar-refractivity contribution in [3.63, 3.8) is 0 Å². The van der Waals surface area contributed by atoms with Gasteiger partial charge < -0.3 is 14.5 Å². The van der Waals surface area contributed by atoms with Crippen LogP contribution in [0.2, 0.25) is 0 Å². The van der Waals surface area contributed by atoms with Crippen molar-refractivity contribution in [2.75, 3.05) is 11.6 Å². The van der Waals surface area contributed by atoms with E-state index in [0.29, 0.717) is 33.9 Å². The maximum absolute atomic E-state index is 12.7. The average molecular weight is 426 g/mol. The minimum Gasteiger partial charge on any atom is -0.461 e. The summed E-state index contributed by atoms with van der Waals surface area (Å²) in [5, 5.41) is 7.51. The van der Waals surface area contributed by atoms with Crippen LogP contribution in [-0.4, -0.2) is 35.3 Å². The van der Waals surface area contributed by atoms with Crippen molar-refractivity contribution in [1.82, 2.24) is 14.8 Å². The van der Waals surface area contributed by atoms with Gasteiger partial charge in [-0.1, -0.05) is 0 Å². The number of carbonyl (C=O) groups is 1. The third-order valence-electron chi connectivity index (χ3n) is 4.29. The van der Waals surface area contributed by atoms with E-state index in [4.69, 9.17) is 9.15 Å². The number of hydrogen-bond donors (Lipinski definition) is 1. The first-order chi connectivity index (χ1) is 14.2. The quantitative estimate of drug-likeness (QED) is 0.520. The number of nitrogens with one attached hydrogen (secondary N) is 1. The van der Waals surface area contributed by atoms with Crippen LogP contribution in [0.3, 0.4) is 0 Å². The molecule has 1 aromatic carbocycles. The van der Waals surface area contributed by atoms with Gasteiger partial charge in [-0.25, -0.2) is 13.4 Å². The van der Waals surface area contributed by atoms with Crippen LogP contribution in [0, 0.1) is 6.92 Å². The van der Waals surface area contributed by atoms with Gasteiger partial charge in [0, 0.05) is 43.4 Å². The number of carbonyl (C=O) groups excluding carboxylic acids is 1. The lowest BCUT2D eigenvalue weighted by atomic mass is 10.1. The summed E-state index contributed by atoms with van der Waals surface area (Å²) in [5.74, 6) is 1.23. The van der Waals surface area contributed by atoms with Gasteiger partial charge in [-0.3, -0.25) is 9.48 Å².